The Bertz CT molecular complexity index is 724. The molecule has 132 valence electrons. The van der Waals surface area contributed by atoms with E-state index in [1.165, 1.54) is 19.3 Å². The maximum absolute atomic E-state index is 12.4. The molecule has 2 aromatic rings. The third-order valence-electron chi connectivity index (χ3n) is 4.51. The van der Waals surface area contributed by atoms with E-state index in [9.17, 15) is 4.79 Å². The van der Waals surface area contributed by atoms with Crippen molar-refractivity contribution in [2.75, 3.05) is 0 Å². The van der Waals surface area contributed by atoms with E-state index in [2.05, 4.69) is 23.3 Å². The summed E-state index contributed by atoms with van der Waals surface area (Å²) < 4.78 is 0. The van der Waals surface area contributed by atoms with Crippen LogP contribution in [0.5, 0.6) is 0 Å². The number of benzene rings is 1. The topological polar surface area (TPSA) is 42.0 Å². The number of carbonyl (C=O) groups excluding carboxylic acids is 1. The predicted octanol–water partition coefficient (Wildman–Crippen LogP) is 5.40. The average Bonchev–Trinajstić information content (AvgIpc) is 2.62. The van der Waals surface area contributed by atoms with Crippen LogP contribution in [0.4, 0.5) is 0 Å². The first-order chi connectivity index (χ1) is 12.1. The highest BCUT2D eigenvalue weighted by Crippen LogP contribution is 2.32. The molecule has 1 saturated carbocycles. The lowest BCUT2D eigenvalue weighted by Crippen LogP contribution is -2.36. The summed E-state index contributed by atoms with van der Waals surface area (Å²) >= 11 is 7.94. The molecule has 0 bridgehead atoms. The largest absolute Gasteiger partial charge is 0.348 e. The number of nitrogens with zero attached hydrogens (tertiary/aromatic N) is 1. The zero-order chi connectivity index (χ0) is 17.6. The standard InChI is InChI=1S/C20H23ClN2OS/c1-14-7-5-11-17(21)19(14)25-13-16-10-6-12-18(22-16)20(24)23-15-8-3-2-4-9-15/h5-7,10-12,15H,2-4,8-9,13H2,1H3,(H,23,24). The fraction of sp³-hybridized carbons (Fsp3) is 0.400. The first kappa shape index (κ1) is 18.3. The average molecular weight is 375 g/mol. The third-order valence-corrected chi connectivity index (χ3v) is 6.21. The first-order valence-electron chi connectivity index (χ1n) is 8.78. The van der Waals surface area contributed by atoms with E-state index >= 15 is 0 Å². The summed E-state index contributed by atoms with van der Waals surface area (Å²) in [5.41, 5.74) is 2.55. The van der Waals surface area contributed by atoms with Crippen molar-refractivity contribution in [2.24, 2.45) is 0 Å². The fourth-order valence-electron chi connectivity index (χ4n) is 3.14. The molecule has 1 aromatic carbocycles. The Labute approximate surface area is 158 Å². The minimum Gasteiger partial charge on any atom is -0.348 e. The van der Waals surface area contributed by atoms with Gasteiger partial charge in [-0.3, -0.25) is 4.79 Å². The Kier molecular flexibility index (Phi) is 6.38. The fourth-order valence-corrected chi connectivity index (χ4v) is 4.48. The minimum atomic E-state index is -0.0623. The third kappa shape index (κ3) is 4.99. The molecule has 1 heterocycles. The second-order valence-electron chi connectivity index (χ2n) is 6.50. The van der Waals surface area contributed by atoms with Gasteiger partial charge in [0, 0.05) is 16.7 Å². The number of aromatic nitrogens is 1. The molecule has 0 aliphatic heterocycles. The Balaban J connectivity index is 1.63. The van der Waals surface area contributed by atoms with E-state index in [1.54, 1.807) is 17.8 Å². The summed E-state index contributed by atoms with van der Waals surface area (Å²) in [5, 5.41) is 3.89. The molecule has 1 N–H and O–H groups in total. The van der Waals surface area contributed by atoms with Gasteiger partial charge in [-0.2, -0.15) is 0 Å². The summed E-state index contributed by atoms with van der Waals surface area (Å²) in [4.78, 5) is 18.1. The van der Waals surface area contributed by atoms with Gasteiger partial charge in [-0.15, -0.1) is 11.8 Å². The van der Waals surface area contributed by atoms with E-state index in [4.69, 9.17) is 11.6 Å². The molecule has 0 unspecified atom stereocenters. The molecule has 3 rings (SSSR count). The summed E-state index contributed by atoms with van der Waals surface area (Å²) in [6.07, 6.45) is 5.83. The van der Waals surface area contributed by atoms with Gasteiger partial charge in [0.15, 0.2) is 0 Å². The number of pyridine rings is 1. The maximum atomic E-state index is 12.4. The van der Waals surface area contributed by atoms with Crippen LogP contribution in [-0.4, -0.2) is 16.9 Å². The number of thioether (sulfide) groups is 1. The molecule has 1 fully saturated rings. The van der Waals surface area contributed by atoms with Crippen molar-refractivity contribution < 1.29 is 4.79 Å². The van der Waals surface area contributed by atoms with Crippen LogP contribution in [0.15, 0.2) is 41.3 Å². The SMILES string of the molecule is Cc1cccc(Cl)c1SCc1cccc(C(=O)NC2CCCCC2)n1. The second kappa shape index (κ2) is 8.72. The number of amides is 1. The number of aryl methyl sites for hydroxylation is 1. The zero-order valence-corrected chi connectivity index (χ0v) is 16.0. The van der Waals surface area contributed by atoms with Gasteiger partial charge in [-0.1, -0.05) is 49.1 Å². The van der Waals surface area contributed by atoms with Crippen LogP contribution in [0.2, 0.25) is 5.02 Å². The first-order valence-corrected chi connectivity index (χ1v) is 10.1. The number of rotatable bonds is 5. The molecular formula is C20H23ClN2OS. The van der Waals surface area contributed by atoms with Crippen LogP contribution >= 0.6 is 23.4 Å². The van der Waals surface area contributed by atoms with E-state index in [0.29, 0.717) is 17.5 Å². The summed E-state index contributed by atoms with van der Waals surface area (Å²) in [6.45, 7) is 2.05. The van der Waals surface area contributed by atoms with Crippen LogP contribution in [0.25, 0.3) is 0 Å². The van der Waals surface area contributed by atoms with E-state index in [1.807, 2.05) is 24.3 Å². The van der Waals surface area contributed by atoms with Crippen molar-refractivity contribution in [3.05, 3.63) is 58.4 Å². The van der Waals surface area contributed by atoms with Crippen molar-refractivity contribution in [1.82, 2.24) is 10.3 Å². The Morgan fingerprint density at radius 3 is 2.72 bits per heavy atom. The van der Waals surface area contributed by atoms with Gasteiger partial charge in [0.05, 0.1) is 10.7 Å². The Morgan fingerprint density at radius 2 is 1.96 bits per heavy atom. The van der Waals surface area contributed by atoms with Crippen molar-refractivity contribution in [2.45, 2.75) is 55.7 Å². The highest BCUT2D eigenvalue weighted by atomic mass is 35.5. The zero-order valence-electron chi connectivity index (χ0n) is 14.4. The molecule has 1 aliphatic carbocycles. The molecule has 0 saturated heterocycles. The van der Waals surface area contributed by atoms with Crippen molar-refractivity contribution in [1.29, 1.82) is 0 Å². The van der Waals surface area contributed by atoms with Gasteiger partial charge in [-0.25, -0.2) is 4.98 Å². The van der Waals surface area contributed by atoms with Crippen LogP contribution in [-0.2, 0) is 5.75 Å². The van der Waals surface area contributed by atoms with E-state index < -0.39 is 0 Å². The van der Waals surface area contributed by atoms with Gasteiger partial charge in [0.2, 0.25) is 0 Å². The second-order valence-corrected chi connectivity index (χ2v) is 7.89. The molecule has 5 heteroatoms. The quantitative estimate of drug-likeness (QED) is 0.712. The molecular weight excluding hydrogens is 352 g/mol. The van der Waals surface area contributed by atoms with Crippen LogP contribution in [0.3, 0.4) is 0 Å². The highest BCUT2D eigenvalue weighted by Gasteiger charge is 2.17. The highest BCUT2D eigenvalue weighted by molar-refractivity contribution is 7.98. The normalized spacial score (nSPS) is 15.1. The Hall–Kier alpha value is -1.52. The molecule has 1 aromatic heterocycles. The van der Waals surface area contributed by atoms with Crippen molar-refractivity contribution in [3.63, 3.8) is 0 Å². The monoisotopic (exact) mass is 374 g/mol. The van der Waals surface area contributed by atoms with Crippen molar-refractivity contribution >= 4 is 29.3 Å². The van der Waals surface area contributed by atoms with Crippen LogP contribution < -0.4 is 5.32 Å². The molecule has 0 radical (unpaired) electrons. The molecule has 25 heavy (non-hydrogen) atoms. The van der Waals surface area contributed by atoms with Gasteiger partial charge in [0.1, 0.15) is 5.69 Å². The number of carbonyl (C=O) groups is 1. The molecule has 0 spiro atoms. The van der Waals surface area contributed by atoms with Gasteiger partial charge >= 0.3 is 0 Å². The Morgan fingerprint density at radius 1 is 1.20 bits per heavy atom. The molecule has 3 nitrogen and oxygen atoms in total. The molecule has 1 aliphatic rings. The number of hydrogen-bond donors (Lipinski definition) is 1. The summed E-state index contributed by atoms with van der Waals surface area (Å²) in [5.74, 6) is 0.627. The molecule has 0 atom stereocenters. The predicted molar refractivity (Wildman–Crippen MR) is 104 cm³/mol. The van der Waals surface area contributed by atoms with E-state index in [-0.39, 0.29) is 5.91 Å². The number of hydrogen-bond acceptors (Lipinski definition) is 3. The van der Waals surface area contributed by atoms with Crippen LogP contribution in [0.1, 0.15) is 53.8 Å². The van der Waals surface area contributed by atoms with E-state index in [0.717, 1.165) is 34.0 Å². The number of nitrogens with one attached hydrogen (secondary N) is 1. The maximum Gasteiger partial charge on any atom is 0.270 e. The van der Waals surface area contributed by atoms with Crippen LogP contribution in [0, 0.1) is 6.92 Å². The smallest absolute Gasteiger partial charge is 0.270 e. The lowest BCUT2D eigenvalue weighted by atomic mass is 9.95. The van der Waals surface area contributed by atoms with Gasteiger partial charge in [0.25, 0.3) is 5.91 Å². The van der Waals surface area contributed by atoms with Crippen molar-refractivity contribution in [3.8, 4) is 0 Å². The lowest BCUT2D eigenvalue weighted by Gasteiger charge is -2.22. The summed E-state index contributed by atoms with van der Waals surface area (Å²) in [7, 11) is 0. The van der Waals surface area contributed by atoms with Gasteiger partial charge in [-0.05, 0) is 43.5 Å². The number of halogens is 1. The molecule has 1 amide bonds. The summed E-state index contributed by atoms with van der Waals surface area (Å²) in [6, 6.07) is 11.8. The van der Waals surface area contributed by atoms with Gasteiger partial charge < -0.3 is 5.32 Å². The lowest BCUT2D eigenvalue weighted by molar-refractivity contribution is 0.0922. The minimum absolute atomic E-state index is 0.0623.